The minimum Gasteiger partial charge on any atom is -0.302 e. The van der Waals surface area contributed by atoms with E-state index < -0.39 is 33.1 Å². The van der Waals surface area contributed by atoms with E-state index in [1.807, 2.05) is 20.8 Å². The quantitative estimate of drug-likeness (QED) is 0.419. The predicted octanol–water partition coefficient (Wildman–Crippen LogP) is 4.45. The molecular formula is C22H26ClF2N3O3S2. The Kier molecular flexibility index (Phi) is 9.30. The molecule has 0 N–H and O–H groups in total. The van der Waals surface area contributed by atoms with Crippen LogP contribution in [0.3, 0.4) is 0 Å². The first kappa shape index (κ1) is 27.1. The molecule has 0 bridgehead atoms. The Morgan fingerprint density at radius 2 is 1.70 bits per heavy atom. The standard InChI is InChI=1S/C22H25F2N3O3S2.ClH/c1-4-26(5-2)10-11-27(22-25-21-18(24)12-16(23)13-19(21)31-22)20(28)14-32(29,30)17-8-6-15(3)7-9-17;/h6-9,12-13H,4-5,10-11,14H2,1-3H3;1H. The van der Waals surface area contributed by atoms with Crippen molar-refractivity contribution in [2.24, 2.45) is 0 Å². The van der Waals surface area contributed by atoms with Crippen molar-refractivity contribution < 1.29 is 22.0 Å². The maximum absolute atomic E-state index is 14.2. The first-order valence-electron chi connectivity index (χ1n) is 10.2. The number of likely N-dealkylation sites (N-methyl/N-ethyl adjacent to an activating group) is 1. The number of nitrogens with zero attached hydrogens (tertiary/aromatic N) is 3. The Balaban J connectivity index is 0.00000385. The number of benzene rings is 2. The predicted molar refractivity (Wildman–Crippen MR) is 130 cm³/mol. The number of fused-ring (bicyclic) bond motifs is 1. The topological polar surface area (TPSA) is 70.6 Å². The van der Waals surface area contributed by atoms with Crippen molar-refractivity contribution in [1.82, 2.24) is 9.88 Å². The van der Waals surface area contributed by atoms with Crippen molar-refractivity contribution in [1.29, 1.82) is 0 Å². The van der Waals surface area contributed by atoms with Gasteiger partial charge in [-0.15, -0.1) is 12.4 Å². The van der Waals surface area contributed by atoms with Crippen molar-refractivity contribution in [3.8, 4) is 0 Å². The average Bonchev–Trinajstić information content (AvgIpc) is 3.15. The third-order valence-corrected chi connectivity index (χ3v) is 7.80. The number of thiazole rings is 1. The Labute approximate surface area is 202 Å². The molecule has 0 saturated heterocycles. The number of hydrogen-bond acceptors (Lipinski definition) is 6. The number of carbonyl (C=O) groups excluding carboxylic acids is 1. The zero-order chi connectivity index (χ0) is 23.5. The number of sulfone groups is 1. The minimum absolute atomic E-state index is 0. The van der Waals surface area contributed by atoms with Gasteiger partial charge < -0.3 is 4.90 Å². The average molecular weight is 518 g/mol. The summed E-state index contributed by atoms with van der Waals surface area (Å²) in [4.78, 5) is 20.7. The van der Waals surface area contributed by atoms with E-state index in [-0.39, 0.29) is 39.2 Å². The van der Waals surface area contributed by atoms with Gasteiger partial charge >= 0.3 is 0 Å². The molecule has 1 aromatic heterocycles. The van der Waals surface area contributed by atoms with Gasteiger partial charge in [0.1, 0.15) is 17.1 Å². The number of halogens is 3. The van der Waals surface area contributed by atoms with Crippen LogP contribution in [-0.2, 0) is 14.6 Å². The molecule has 0 aliphatic heterocycles. The molecule has 0 spiro atoms. The zero-order valence-electron chi connectivity index (χ0n) is 18.5. The summed E-state index contributed by atoms with van der Waals surface area (Å²) < 4.78 is 53.7. The number of carbonyl (C=O) groups is 1. The zero-order valence-corrected chi connectivity index (χ0v) is 21.0. The van der Waals surface area contributed by atoms with E-state index in [4.69, 9.17) is 0 Å². The fraction of sp³-hybridized carbons (Fsp3) is 0.364. The molecular weight excluding hydrogens is 492 g/mol. The molecule has 6 nitrogen and oxygen atoms in total. The van der Waals surface area contributed by atoms with E-state index in [1.54, 1.807) is 12.1 Å². The van der Waals surface area contributed by atoms with Gasteiger partial charge in [0, 0.05) is 19.2 Å². The Hall–Kier alpha value is -2.14. The number of aryl methyl sites for hydroxylation is 1. The van der Waals surface area contributed by atoms with Crippen molar-refractivity contribution in [3.05, 3.63) is 53.6 Å². The van der Waals surface area contributed by atoms with Gasteiger partial charge in [0.25, 0.3) is 0 Å². The highest BCUT2D eigenvalue weighted by Crippen LogP contribution is 2.31. The molecule has 1 amide bonds. The number of rotatable bonds is 9. The highest BCUT2D eigenvalue weighted by atomic mass is 35.5. The van der Waals surface area contributed by atoms with Crippen LogP contribution in [0.25, 0.3) is 10.2 Å². The molecule has 180 valence electrons. The second-order valence-electron chi connectivity index (χ2n) is 7.38. The van der Waals surface area contributed by atoms with E-state index in [9.17, 15) is 22.0 Å². The van der Waals surface area contributed by atoms with Crippen LogP contribution in [-0.4, -0.2) is 56.1 Å². The SMILES string of the molecule is CCN(CC)CCN(C(=O)CS(=O)(=O)c1ccc(C)cc1)c1nc2c(F)cc(F)cc2s1.Cl. The molecule has 1 heterocycles. The van der Waals surface area contributed by atoms with Crippen molar-refractivity contribution in [2.75, 3.05) is 36.8 Å². The molecule has 3 rings (SSSR count). The fourth-order valence-electron chi connectivity index (χ4n) is 3.24. The molecule has 11 heteroatoms. The lowest BCUT2D eigenvalue weighted by Gasteiger charge is -2.24. The van der Waals surface area contributed by atoms with Gasteiger partial charge in [-0.2, -0.15) is 0 Å². The van der Waals surface area contributed by atoms with Crippen LogP contribution < -0.4 is 4.90 Å². The summed E-state index contributed by atoms with van der Waals surface area (Å²) in [5.74, 6) is -2.99. The van der Waals surface area contributed by atoms with E-state index in [1.165, 1.54) is 17.0 Å². The maximum Gasteiger partial charge on any atom is 0.244 e. The molecule has 33 heavy (non-hydrogen) atoms. The number of hydrogen-bond donors (Lipinski definition) is 0. The number of aromatic nitrogens is 1. The molecule has 0 radical (unpaired) electrons. The minimum atomic E-state index is -3.89. The summed E-state index contributed by atoms with van der Waals surface area (Å²) >= 11 is 0.953. The molecule has 0 aliphatic carbocycles. The summed E-state index contributed by atoms with van der Waals surface area (Å²) in [6.45, 7) is 7.95. The van der Waals surface area contributed by atoms with E-state index in [2.05, 4.69) is 9.88 Å². The molecule has 3 aromatic rings. The molecule has 0 unspecified atom stereocenters. The molecule has 0 saturated carbocycles. The summed E-state index contributed by atoms with van der Waals surface area (Å²) in [5.41, 5.74) is 0.855. The Bertz CT molecular complexity index is 1210. The van der Waals surface area contributed by atoms with Crippen LogP contribution in [0, 0.1) is 18.6 Å². The lowest BCUT2D eigenvalue weighted by Crippen LogP contribution is -2.41. The van der Waals surface area contributed by atoms with Crippen molar-refractivity contribution in [3.63, 3.8) is 0 Å². The van der Waals surface area contributed by atoms with Crippen LogP contribution in [0.15, 0.2) is 41.3 Å². The molecule has 0 atom stereocenters. The Morgan fingerprint density at radius 1 is 1.06 bits per heavy atom. The third kappa shape index (κ3) is 6.47. The number of amides is 1. The van der Waals surface area contributed by atoms with Crippen LogP contribution in [0.4, 0.5) is 13.9 Å². The number of anilines is 1. The van der Waals surface area contributed by atoms with Crippen molar-refractivity contribution in [2.45, 2.75) is 25.7 Å². The summed E-state index contributed by atoms with van der Waals surface area (Å²) in [6.07, 6.45) is 0. The Morgan fingerprint density at radius 3 is 2.30 bits per heavy atom. The van der Waals surface area contributed by atoms with Crippen molar-refractivity contribution >= 4 is 54.8 Å². The first-order chi connectivity index (χ1) is 15.1. The largest absolute Gasteiger partial charge is 0.302 e. The molecule has 2 aromatic carbocycles. The van der Waals surface area contributed by atoms with Gasteiger partial charge in [0.15, 0.2) is 20.8 Å². The van der Waals surface area contributed by atoms with Gasteiger partial charge in [0.2, 0.25) is 5.91 Å². The molecule has 0 fully saturated rings. The van der Waals surface area contributed by atoms with Crippen LogP contribution >= 0.6 is 23.7 Å². The fourth-order valence-corrected chi connectivity index (χ4v) is 5.49. The lowest BCUT2D eigenvalue weighted by atomic mass is 10.2. The van der Waals surface area contributed by atoms with Gasteiger partial charge in [-0.3, -0.25) is 9.69 Å². The smallest absolute Gasteiger partial charge is 0.244 e. The van der Waals surface area contributed by atoms with Gasteiger partial charge in [0.05, 0.1) is 9.60 Å². The maximum atomic E-state index is 14.2. The van der Waals surface area contributed by atoms with Gasteiger partial charge in [-0.05, 0) is 38.2 Å². The van der Waals surface area contributed by atoms with E-state index >= 15 is 0 Å². The van der Waals surface area contributed by atoms with Gasteiger partial charge in [-0.25, -0.2) is 22.2 Å². The van der Waals surface area contributed by atoms with E-state index in [0.717, 1.165) is 42.1 Å². The normalized spacial score (nSPS) is 11.6. The van der Waals surface area contributed by atoms with Crippen LogP contribution in [0.5, 0.6) is 0 Å². The summed E-state index contributed by atoms with van der Waals surface area (Å²) in [6, 6.07) is 8.15. The third-order valence-electron chi connectivity index (χ3n) is 5.16. The summed E-state index contributed by atoms with van der Waals surface area (Å²) in [5, 5.41) is 0.140. The first-order valence-corrected chi connectivity index (χ1v) is 12.7. The van der Waals surface area contributed by atoms with Crippen LogP contribution in [0.1, 0.15) is 19.4 Å². The highest BCUT2D eigenvalue weighted by molar-refractivity contribution is 7.92. The van der Waals surface area contributed by atoms with E-state index in [0.29, 0.717) is 6.54 Å². The van der Waals surface area contributed by atoms with Crippen LogP contribution in [0.2, 0.25) is 0 Å². The van der Waals surface area contributed by atoms with Gasteiger partial charge in [-0.1, -0.05) is 42.9 Å². The molecule has 0 aliphatic rings. The highest BCUT2D eigenvalue weighted by Gasteiger charge is 2.27. The second kappa shape index (κ2) is 11.3. The monoisotopic (exact) mass is 517 g/mol. The lowest BCUT2D eigenvalue weighted by molar-refractivity contribution is -0.116. The summed E-state index contributed by atoms with van der Waals surface area (Å²) in [7, 11) is -3.89. The second-order valence-corrected chi connectivity index (χ2v) is 10.4.